The molecule has 2 unspecified atom stereocenters. The van der Waals surface area contributed by atoms with Crippen molar-refractivity contribution >= 4 is 161 Å². The van der Waals surface area contributed by atoms with Crippen LogP contribution in [-0.2, 0) is 38.8 Å². The molecule has 73 heavy (non-hydrogen) atoms. The zero-order valence-electron chi connectivity index (χ0n) is 44.6. The summed E-state index contributed by atoms with van der Waals surface area (Å²) in [6.45, 7) is 20.7. The molecule has 10 aromatic heterocycles. The van der Waals surface area contributed by atoms with Crippen LogP contribution in [0.25, 0.3) is 103 Å². The standard InChI is InChI=1S/C60H74N6S7/c1-9-17-21-23-27-65-41-31-37(29-35(13-5)25-19-11-3)67-55(41)59-53(65)57-45(71-59)33-43(69-57)47-49-50(62-40(16-8)39(15-7)61-49)48(52-51(47)63-73-64-52)44-34-46-58(70-44)54-60(72-46)56-42(66(54)28-24-22-18-10-2)32-38(68-56)30-36(14-6)26-20-12-4/h31-36H,9-30H2,1-8H3. The van der Waals surface area contributed by atoms with Crippen molar-refractivity contribution in [3.05, 3.63) is 45.4 Å². The first-order valence-corrected chi connectivity index (χ1v) is 33.9. The van der Waals surface area contributed by atoms with Crippen LogP contribution in [-0.4, -0.2) is 27.8 Å². The topological polar surface area (TPSA) is 61.4 Å². The molecule has 0 saturated carbocycles. The first-order chi connectivity index (χ1) is 35.8. The SMILES string of the molecule is CCCCCCn1c2cc(CC(CC)CCCC)sc2c2sc3cc(-c4c5nsnc5c(-c5cc6sc7c8sc(CC(CC)CCCC)cc8n(CCCCCC)c7c6s5)c5nc(CC)c(CC)nc45)sc3c21. The first-order valence-electron chi connectivity index (χ1n) is 28.3. The Labute approximate surface area is 460 Å². The van der Waals surface area contributed by atoms with Gasteiger partial charge in [0.1, 0.15) is 22.1 Å². The summed E-state index contributed by atoms with van der Waals surface area (Å²) in [4.78, 5) is 16.9. The number of aryl methyl sites for hydroxylation is 4. The van der Waals surface area contributed by atoms with E-state index in [4.69, 9.17) is 18.7 Å². The quantitative estimate of drug-likeness (QED) is 0.0507. The summed E-state index contributed by atoms with van der Waals surface area (Å²) in [5.74, 6) is 1.53. The van der Waals surface area contributed by atoms with Gasteiger partial charge in [0, 0.05) is 53.1 Å². The minimum Gasteiger partial charge on any atom is -0.338 e. The van der Waals surface area contributed by atoms with Crippen molar-refractivity contribution in [2.45, 2.75) is 197 Å². The third-order valence-corrected chi connectivity index (χ3v) is 23.9. The van der Waals surface area contributed by atoms with E-state index in [2.05, 4.69) is 111 Å². The number of hydrogen-bond donors (Lipinski definition) is 0. The van der Waals surface area contributed by atoms with Crippen LogP contribution in [0.4, 0.5) is 0 Å². The second-order valence-corrected chi connectivity index (χ2v) is 27.9. The van der Waals surface area contributed by atoms with E-state index >= 15 is 0 Å². The third kappa shape index (κ3) is 9.57. The molecular weight excluding hydrogens is 1030 g/mol. The molecule has 11 aromatic rings. The first kappa shape index (κ1) is 51.8. The molecule has 0 aliphatic rings. The van der Waals surface area contributed by atoms with E-state index in [1.54, 1.807) is 9.75 Å². The molecule has 386 valence electrons. The summed E-state index contributed by atoms with van der Waals surface area (Å²) in [5.41, 5.74) is 14.1. The molecule has 10 heterocycles. The van der Waals surface area contributed by atoms with E-state index in [1.807, 2.05) is 45.3 Å². The normalized spacial score (nSPS) is 13.5. The van der Waals surface area contributed by atoms with Gasteiger partial charge in [0.2, 0.25) is 0 Å². The summed E-state index contributed by atoms with van der Waals surface area (Å²) in [6, 6.07) is 10.1. The lowest BCUT2D eigenvalue weighted by atomic mass is 9.95. The van der Waals surface area contributed by atoms with Crippen LogP contribution in [0, 0.1) is 11.8 Å². The molecule has 0 radical (unpaired) electrons. The summed E-state index contributed by atoms with van der Waals surface area (Å²) >= 11 is 13.4. The maximum Gasteiger partial charge on any atom is 0.116 e. The molecule has 0 saturated heterocycles. The minimum absolute atomic E-state index is 0.767. The highest BCUT2D eigenvalue weighted by molar-refractivity contribution is 7.37. The van der Waals surface area contributed by atoms with Crippen molar-refractivity contribution in [3.63, 3.8) is 0 Å². The highest BCUT2D eigenvalue weighted by Gasteiger charge is 2.29. The van der Waals surface area contributed by atoms with E-state index in [-0.39, 0.29) is 0 Å². The van der Waals surface area contributed by atoms with E-state index in [0.29, 0.717) is 0 Å². The van der Waals surface area contributed by atoms with Crippen LogP contribution < -0.4 is 0 Å². The minimum atomic E-state index is 0.767. The Morgan fingerprint density at radius 1 is 0.438 bits per heavy atom. The molecule has 0 bridgehead atoms. The van der Waals surface area contributed by atoms with Gasteiger partial charge in [-0.25, -0.2) is 9.97 Å². The highest BCUT2D eigenvalue weighted by Crippen LogP contribution is 2.54. The number of nitrogens with zero attached hydrogens (tertiary/aromatic N) is 6. The number of thiophene rings is 6. The Balaban J connectivity index is 1.05. The van der Waals surface area contributed by atoms with E-state index in [1.165, 1.54) is 197 Å². The molecule has 11 rings (SSSR count). The molecule has 0 fully saturated rings. The van der Waals surface area contributed by atoms with Gasteiger partial charge in [0.25, 0.3) is 0 Å². The molecule has 0 spiro atoms. The Kier molecular flexibility index (Phi) is 16.1. The van der Waals surface area contributed by atoms with Gasteiger partial charge >= 0.3 is 0 Å². The van der Waals surface area contributed by atoms with Crippen LogP contribution in [0.15, 0.2) is 24.3 Å². The van der Waals surface area contributed by atoms with Crippen molar-refractivity contribution in [3.8, 4) is 20.9 Å². The summed E-state index contributed by atoms with van der Waals surface area (Å²) in [7, 11) is 0. The lowest BCUT2D eigenvalue weighted by Crippen LogP contribution is -2.03. The van der Waals surface area contributed by atoms with Gasteiger partial charge in [0.05, 0.1) is 73.4 Å². The maximum absolute atomic E-state index is 5.65. The fourth-order valence-corrected chi connectivity index (χ4v) is 20.5. The molecule has 6 nitrogen and oxygen atoms in total. The third-order valence-electron chi connectivity index (χ3n) is 15.9. The molecule has 2 atom stereocenters. The smallest absolute Gasteiger partial charge is 0.116 e. The number of rotatable bonds is 26. The maximum atomic E-state index is 5.65. The predicted molar refractivity (Wildman–Crippen MR) is 331 cm³/mol. The lowest BCUT2D eigenvalue weighted by molar-refractivity contribution is 0.452. The van der Waals surface area contributed by atoms with Crippen molar-refractivity contribution in [2.75, 3.05) is 0 Å². The highest BCUT2D eigenvalue weighted by atomic mass is 32.1. The van der Waals surface area contributed by atoms with Crippen molar-refractivity contribution in [1.29, 1.82) is 0 Å². The monoisotopic (exact) mass is 1100 g/mol. The van der Waals surface area contributed by atoms with Crippen LogP contribution in [0.3, 0.4) is 0 Å². The summed E-state index contributed by atoms with van der Waals surface area (Å²) < 4.78 is 27.3. The molecule has 0 N–H and O–H groups in total. The molecule has 0 amide bonds. The Morgan fingerprint density at radius 3 is 1.27 bits per heavy atom. The number of fused-ring (bicyclic) bond motifs is 12. The van der Waals surface area contributed by atoms with Gasteiger partial charge in [-0.05, 0) is 74.6 Å². The van der Waals surface area contributed by atoms with Gasteiger partial charge in [0.15, 0.2) is 0 Å². The van der Waals surface area contributed by atoms with E-state index in [9.17, 15) is 0 Å². The van der Waals surface area contributed by atoms with Gasteiger partial charge in [-0.1, -0.05) is 145 Å². The van der Waals surface area contributed by atoms with Crippen molar-refractivity contribution in [2.24, 2.45) is 11.8 Å². The average Bonchev–Trinajstić information content (AvgIpc) is 4.29. The Hall–Kier alpha value is -3.30. The van der Waals surface area contributed by atoms with Gasteiger partial charge < -0.3 is 9.13 Å². The summed E-state index contributed by atoms with van der Waals surface area (Å²) in [6.07, 6.45) is 24.6. The predicted octanol–water partition coefficient (Wildman–Crippen LogP) is 21.7. The Morgan fingerprint density at radius 2 is 0.877 bits per heavy atom. The molecule has 0 aliphatic carbocycles. The number of hydrogen-bond acceptors (Lipinski definition) is 11. The number of benzene rings is 1. The second-order valence-electron chi connectivity index (χ2n) is 20.9. The van der Waals surface area contributed by atoms with Crippen LogP contribution >= 0.6 is 79.7 Å². The van der Waals surface area contributed by atoms with Crippen LogP contribution in [0.1, 0.15) is 179 Å². The van der Waals surface area contributed by atoms with Crippen molar-refractivity contribution < 1.29 is 0 Å². The second kappa shape index (κ2) is 22.7. The zero-order valence-corrected chi connectivity index (χ0v) is 50.3. The van der Waals surface area contributed by atoms with Crippen LogP contribution in [0.2, 0.25) is 0 Å². The van der Waals surface area contributed by atoms with Crippen molar-refractivity contribution in [1.82, 2.24) is 27.8 Å². The zero-order chi connectivity index (χ0) is 50.3. The number of aromatic nitrogens is 6. The van der Waals surface area contributed by atoms with Gasteiger partial charge in [-0.15, -0.1) is 68.0 Å². The fourth-order valence-electron chi connectivity index (χ4n) is 11.8. The van der Waals surface area contributed by atoms with E-state index < -0.39 is 0 Å². The summed E-state index contributed by atoms with van der Waals surface area (Å²) in [5, 5.41) is 0. The van der Waals surface area contributed by atoms with Crippen LogP contribution in [0.5, 0.6) is 0 Å². The molecule has 1 aromatic carbocycles. The van der Waals surface area contributed by atoms with E-state index in [0.717, 1.165) is 82.3 Å². The number of unbranched alkanes of at least 4 members (excludes halogenated alkanes) is 8. The fraction of sp³-hybridized carbons (Fsp3) is 0.533. The molecule has 0 aliphatic heterocycles. The Bertz CT molecular complexity index is 3450. The van der Waals surface area contributed by atoms with Gasteiger partial charge in [-0.3, -0.25) is 0 Å². The average molecular weight is 1100 g/mol. The lowest BCUT2D eigenvalue weighted by Gasteiger charge is -2.13. The largest absolute Gasteiger partial charge is 0.338 e. The molecule has 13 heteroatoms. The van der Waals surface area contributed by atoms with Gasteiger partial charge in [-0.2, -0.15) is 8.75 Å². The molecular formula is C60H74N6S7.